The Morgan fingerprint density at radius 1 is 1.15 bits per heavy atom. The van der Waals surface area contributed by atoms with Gasteiger partial charge in [-0.05, 0) is 36.0 Å². The second-order valence-electron chi connectivity index (χ2n) is 5.24. The van der Waals surface area contributed by atoms with Crippen molar-refractivity contribution < 1.29 is 0 Å². The average molecular weight is 198 g/mol. The van der Waals surface area contributed by atoms with Gasteiger partial charge in [-0.1, -0.05) is 39.5 Å². The van der Waals surface area contributed by atoms with Crippen LogP contribution in [0.2, 0.25) is 0 Å². The molecule has 0 radical (unpaired) electrons. The first-order valence-electron chi connectivity index (χ1n) is 6.00. The Labute approximate surface area is 84.7 Å². The molecule has 1 heterocycles. The van der Waals surface area contributed by atoms with Crippen LogP contribution in [0.3, 0.4) is 0 Å². The number of rotatable bonds is 2. The van der Waals surface area contributed by atoms with Crippen LogP contribution in [0, 0.1) is 17.8 Å². The Morgan fingerprint density at radius 2 is 1.85 bits per heavy atom. The molecule has 1 saturated heterocycles. The lowest BCUT2D eigenvalue weighted by atomic mass is 9.89. The van der Waals surface area contributed by atoms with Gasteiger partial charge in [-0.2, -0.15) is 0 Å². The molecule has 0 N–H and O–H groups in total. The van der Waals surface area contributed by atoms with E-state index in [1.807, 2.05) is 0 Å². The zero-order valence-corrected chi connectivity index (χ0v) is 10.1. The maximum absolute atomic E-state index is 2.49. The third-order valence-electron chi connectivity index (χ3n) is 4.30. The molecule has 0 aromatic carbocycles. The van der Waals surface area contributed by atoms with Crippen LogP contribution in [0.15, 0.2) is 0 Å². The molecule has 1 aliphatic carbocycles. The molecule has 0 bridgehead atoms. The highest BCUT2D eigenvalue weighted by molar-refractivity contribution is 7.39. The molecule has 2 fully saturated rings. The van der Waals surface area contributed by atoms with Crippen LogP contribution >= 0.6 is 8.58 Å². The summed E-state index contributed by atoms with van der Waals surface area (Å²) in [5.41, 5.74) is 1.11. The molecule has 0 spiro atoms. The SMILES string of the molecule is CC1CPC(CC2CCCC2)C1C. The van der Waals surface area contributed by atoms with Gasteiger partial charge in [-0.25, -0.2) is 0 Å². The largest absolute Gasteiger partial charge is 0.118 e. The van der Waals surface area contributed by atoms with Gasteiger partial charge in [-0.3, -0.25) is 0 Å². The van der Waals surface area contributed by atoms with Gasteiger partial charge in [-0.15, -0.1) is 8.58 Å². The van der Waals surface area contributed by atoms with Gasteiger partial charge in [0.25, 0.3) is 0 Å². The second-order valence-corrected chi connectivity index (χ2v) is 6.80. The molecular weight excluding hydrogens is 175 g/mol. The molecule has 4 atom stereocenters. The van der Waals surface area contributed by atoms with Crippen molar-refractivity contribution in [2.45, 2.75) is 51.6 Å². The highest BCUT2D eigenvalue weighted by Crippen LogP contribution is 2.46. The van der Waals surface area contributed by atoms with E-state index >= 15 is 0 Å². The number of hydrogen-bond acceptors (Lipinski definition) is 0. The topological polar surface area (TPSA) is 0 Å². The van der Waals surface area contributed by atoms with E-state index in [1.54, 1.807) is 19.3 Å². The molecule has 4 unspecified atom stereocenters. The zero-order chi connectivity index (χ0) is 9.26. The van der Waals surface area contributed by atoms with Crippen LogP contribution in [0.25, 0.3) is 0 Å². The first kappa shape index (κ1) is 9.97. The fourth-order valence-corrected chi connectivity index (χ4v) is 5.26. The quantitative estimate of drug-likeness (QED) is 0.590. The summed E-state index contributed by atoms with van der Waals surface area (Å²) in [6, 6.07) is 0. The van der Waals surface area contributed by atoms with Crippen LogP contribution in [0.1, 0.15) is 46.0 Å². The van der Waals surface area contributed by atoms with E-state index in [2.05, 4.69) is 13.8 Å². The van der Waals surface area contributed by atoms with Gasteiger partial charge in [0.05, 0.1) is 0 Å². The first-order valence-corrected chi connectivity index (χ1v) is 7.29. The van der Waals surface area contributed by atoms with Crippen molar-refractivity contribution in [2.24, 2.45) is 17.8 Å². The minimum atomic E-state index is 1.02. The standard InChI is InChI=1S/C12H23P/c1-9-8-13-12(10(9)2)7-11-5-3-4-6-11/h9-13H,3-8H2,1-2H3. The van der Waals surface area contributed by atoms with Gasteiger partial charge < -0.3 is 0 Å². The van der Waals surface area contributed by atoms with E-state index in [0.717, 1.165) is 23.4 Å². The zero-order valence-electron chi connectivity index (χ0n) is 9.05. The predicted octanol–water partition coefficient (Wildman–Crippen LogP) is 3.90. The summed E-state index contributed by atoms with van der Waals surface area (Å²) in [6.45, 7) is 4.94. The fraction of sp³-hybridized carbons (Fsp3) is 1.00. The third-order valence-corrected chi connectivity index (χ3v) is 6.46. The summed E-state index contributed by atoms with van der Waals surface area (Å²) in [7, 11) is 1.29. The van der Waals surface area contributed by atoms with Gasteiger partial charge >= 0.3 is 0 Å². The number of hydrogen-bond donors (Lipinski definition) is 0. The lowest BCUT2D eigenvalue weighted by Gasteiger charge is -2.21. The van der Waals surface area contributed by atoms with E-state index < -0.39 is 0 Å². The van der Waals surface area contributed by atoms with Crippen LogP contribution < -0.4 is 0 Å². The Kier molecular flexibility index (Phi) is 3.30. The van der Waals surface area contributed by atoms with Crippen LogP contribution in [-0.2, 0) is 0 Å². The van der Waals surface area contributed by atoms with Gasteiger partial charge in [0.2, 0.25) is 0 Å². The first-order chi connectivity index (χ1) is 6.27. The summed E-state index contributed by atoms with van der Waals surface area (Å²) in [5.74, 6) is 3.16. The highest BCUT2D eigenvalue weighted by Gasteiger charge is 2.31. The summed E-state index contributed by atoms with van der Waals surface area (Å²) in [4.78, 5) is 0. The van der Waals surface area contributed by atoms with Crippen LogP contribution in [-0.4, -0.2) is 11.8 Å². The minimum absolute atomic E-state index is 1.02. The van der Waals surface area contributed by atoms with Crippen molar-refractivity contribution in [1.29, 1.82) is 0 Å². The lowest BCUT2D eigenvalue weighted by molar-refractivity contribution is 0.378. The van der Waals surface area contributed by atoms with Gasteiger partial charge in [0, 0.05) is 0 Å². The van der Waals surface area contributed by atoms with Crippen molar-refractivity contribution in [3.05, 3.63) is 0 Å². The molecule has 1 aliphatic heterocycles. The maximum Gasteiger partial charge on any atom is -0.0206 e. The minimum Gasteiger partial charge on any atom is -0.118 e. The summed E-state index contributed by atoms with van der Waals surface area (Å²) >= 11 is 0. The van der Waals surface area contributed by atoms with E-state index in [1.165, 1.54) is 27.6 Å². The van der Waals surface area contributed by atoms with Crippen LogP contribution in [0.4, 0.5) is 0 Å². The normalized spacial score (nSPS) is 43.4. The highest BCUT2D eigenvalue weighted by atomic mass is 31.1. The molecule has 0 nitrogen and oxygen atoms in total. The molecule has 1 heteroatoms. The maximum atomic E-state index is 2.49. The summed E-state index contributed by atoms with van der Waals surface area (Å²) in [5, 5.41) is 0. The van der Waals surface area contributed by atoms with E-state index in [9.17, 15) is 0 Å². The van der Waals surface area contributed by atoms with Gasteiger partial charge in [0.1, 0.15) is 0 Å². The second kappa shape index (κ2) is 4.30. The van der Waals surface area contributed by atoms with Crippen molar-refractivity contribution in [2.75, 3.05) is 6.16 Å². The van der Waals surface area contributed by atoms with Crippen LogP contribution in [0.5, 0.6) is 0 Å². The van der Waals surface area contributed by atoms with Crippen molar-refractivity contribution in [1.82, 2.24) is 0 Å². The Balaban J connectivity index is 1.81. The predicted molar refractivity (Wildman–Crippen MR) is 61.9 cm³/mol. The molecule has 76 valence electrons. The molecule has 2 rings (SSSR count). The van der Waals surface area contributed by atoms with Crippen molar-refractivity contribution in [3.8, 4) is 0 Å². The van der Waals surface area contributed by atoms with Gasteiger partial charge in [0.15, 0.2) is 0 Å². The van der Waals surface area contributed by atoms with Crippen molar-refractivity contribution in [3.63, 3.8) is 0 Å². The molecule has 1 saturated carbocycles. The Morgan fingerprint density at radius 3 is 2.38 bits per heavy atom. The average Bonchev–Trinajstić information content (AvgIpc) is 2.71. The monoisotopic (exact) mass is 198 g/mol. The molecule has 0 aromatic rings. The fourth-order valence-electron chi connectivity index (χ4n) is 3.01. The van der Waals surface area contributed by atoms with Crippen molar-refractivity contribution >= 4 is 8.58 Å². The van der Waals surface area contributed by atoms with E-state index in [-0.39, 0.29) is 0 Å². The molecule has 2 aliphatic rings. The molecule has 13 heavy (non-hydrogen) atoms. The summed E-state index contributed by atoms with van der Waals surface area (Å²) < 4.78 is 0. The molecule has 0 amide bonds. The smallest absolute Gasteiger partial charge is 0.0206 e. The summed E-state index contributed by atoms with van der Waals surface area (Å²) in [6.07, 6.45) is 9.22. The van der Waals surface area contributed by atoms with E-state index in [0.29, 0.717) is 0 Å². The Hall–Kier alpha value is 0.430. The third kappa shape index (κ3) is 2.27. The molecule has 0 aromatic heterocycles. The molecular formula is C12H23P. The Bertz CT molecular complexity index is 161. The lowest BCUT2D eigenvalue weighted by Crippen LogP contribution is -2.15. The van der Waals surface area contributed by atoms with E-state index in [4.69, 9.17) is 0 Å².